The lowest BCUT2D eigenvalue weighted by atomic mass is 10.2. The van der Waals surface area contributed by atoms with E-state index in [2.05, 4.69) is 14.9 Å². The maximum absolute atomic E-state index is 12.2. The highest BCUT2D eigenvalue weighted by Crippen LogP contribution is 2.19. The molecule has 19 heavy (non-hydrogen) atoms. The van der Waals surface area contributed by atoms with Crippen molar-refractivity contribution >= 4 is 21.6 Å². The van der Waals surface area contributed by atoms with E-state index in [-0.39, 0.29) is 11.4 Å². The van der Waals surface area contributed by atoms with Crippen molar-refractivity contribution in [2.45, 2.75) is 25.3 Å². The monoisotopic (exact) mass is 299 g/mol. The second-order valence-electron chi connectivity index (χ2n) is 4.25. The number of benzene rings is 1. The van der Waals surface area contributed by atoms with E-state index >= 15 is 0 Å². The van der Waals surface area contributed by atoms with E-state index in [4.69, 9.17) is 11.6 Å². The van der Waals surface area contributed by atoms with E-state index in [0.29, 0.717) is 10.6 Å². The fraction of sp³-hybridized carbons (Fsp3) is 0.250. The normalized spacial score (nSPS) is 11.7. The molecular weight excluding hydrogens is 286 g/mol. The number of halogens is 1. The maximum Gasteiger partial charge on any atom is 0.241 e. The van der Waals surface area contributed by atoms with Gasteiger partial charge in [-0.3, -0.25) is 5.10 Å². The van der Waals surface area contributed by atoms with E-state index in [9.17, 15) is 8.42 Å². The summed E-state index contributed by atoms with van der Waals surface area (Å²) in [6.07, 6.45) is 1.60. The maximum atomic E-state index is 12.2. The largest absolute Gasteiger partial charge is 0.283 e. The Morgan fingerprint density at radius 1 is 1.37 bits per heavy atom. The highest BCUT2D eigenvalue weighted by molar-refractivity contribution is 7.89. The minimum Gasteiger partial charge on any atom is -0.283 e. The van der Waals surface area contributed by atoms with Gasteiger partial charge >= 0.3 is 0 Å². The van der Waals surface area contributed by atoms with Crippen molar-refractivity contribution in [3.8, 4) is 0 Å². The summed E-state index contributed by atoms with van der Waals surface area (Å²) in [5.41, 5.74) is 2.27. The van der Waals surface area contributed by atoms with Crippen molar-refractivity contribution in [3.63, 3.8) is 0 Å². The van der Waals surface area contributed by atoms with E-state index in [1.54, 1.807) is 25.3 Å². The van der Waals surface area contributed by atoms with Gasteiger partial charge in [0.25, 0.3) is 0 Å². The number of hydrogen-bond donors (Lipinski definition) is 2. The van der Waals surface area contributed by atoms with Gasteiger partial charge < -0.3 is 0 Å². The van der Waals surface area contributed by atoms with Gasteiger partial charge in [-0.15, -0.1) is 0 Å². The van der Waals surface area contributed by atoms with Crippen LogP contribution in [0.25, 0.3) is 0 Å². The number of aromatic nitrogens is 2. The van der Waals surface area contributed by atoms with Gasteiger partial charge in [0.1, 0.15) is 0 Å². The SMILES string of the molecule is Cc1cc(Cl)ccc1S(=O)(=O)NCc1cn[nH]c1C. The highest BCUT2D eigenvalue weighted by atomic mass is 35.5. The van der Waals surface area contributed by atoms with Crippen LogP contribution in [0.15, 0.2) is 29.3 Å². The minimum absolute atomic E-state index is 0.201. The van der Waals surface area contributed by atoms with Crippen molar-refractivity contribution in [1.82, 2.24) is 14.9 Å². The summed E-state index contributed by atoms with van der Waals surface area (Å²) in [6, 6.07) is 4.69. The zero-order valence-electron chi connectivity index (χ0n) is 10.6. The molecular formula is C12H14ClN3O2S. The van der Waals surface area contributed by atoms with Crippen LogP contribution in [0.3, 0.4) is 0 Å². The molecule has 1 aromatic carbocycles. The number of H-pyrrole nitrogens is 1. The molecule has 0 saturated carbocycles. The Hall–Kier alpha value is -1.37. The third-order valence-electron chi connectivity index (χ3n) is 2.81. The van der Waals surface area contributed by atoms with Gasteiger partial charge in [-0.1, -0.05) is 11.6 Å². The quantitative estimate of drug-likeness (QED) is 0.908. The number of hydrogen-bond acceptors (Lipinski definition) is 3. The number of nitrogens with one attached hydrogen (secondary N) is 2. The summed E-state index contributed by atoms with van der Waals surface area (Å²) in [5.74, 6) is 0. The Morgan fingerprint density at radius 2 is 2.11 bits per heavy atom. The molecule has 102 valence electrons. The summed E-state index contributed by atoms with van der Waals surface area (Å²) in [6.45, 7) is 3.75. The number of aryl methyl sites for hydroxylation is 2. The van der Waals surface area contributed by atoms with Gasteiger partial charge in [-0.05, 0) is 37.6 Å². The molecule has 7 heteroatoms. The number of rotatable bonds is 4. The average molecular weight is 300 g/mol. The fourth-order valence-corrected chi connectivity index (χ4v) is 3.18. The first-order valence-electron chi connectivity index (χ1n) is 5.65. The van der Waals surface area contributed by atoms with Crippen LogP contribution in [-0.2, 0) is 16.6 Å². The van der Waals surface area contributed by atoms with Crippen molar-refractivity contribution in [1.29, 1.82) is 0 Å². The summed E-state index contributed by atoms with van der Waals surface area (Å²) in [7, 11) is -3.55. The van der Waals surface area contributed by atoms with Crippen LogP contribution >= 0.6 is 11.6 Å². The molecule has 0 aliphatic carbocycles. The molecule has 0 unspecified atom stereocenters. The highest BCUT2D eigenvalue weighted by Gasteiger charge is 2.17. The lowest BCUT2D eigenvalue weighted by Gasteiger charge is -2.09. The molecule has 2 rings (SSSR count). The number of aromatic amines is 1. The molecule has 0 bridgehead atoms. The van der Waals surface area contributed by atoms with E-state index in [1.165, 1.54) is 6.07 Å². The second kappa shape index (κ2) is 5.32. The van der Waals surface area contributed by atoms with Crippen molar-refractivity contribution in [2.24, 2.45) is 0 Å². The van der Waals surface area contributed by atoms with Crippen molar-refractivity contribution in [3.05, 3.63) is 46.2 Å². The first kappa shape index (κ1) is 14.0. The zero-order chi connectivity index (χ0) is 14.0. The van der Waals surface area contributed by atoms with E-state index < -0.39 is 10.0 Å². The summed E-state index contributed by atoms with van der Waals surface area (Å²) in [4.78, 5) is 0.234. The van der Waals surface area contributed by atoms with Gasteiger partial charge in [-0.2, -0.15) is 5.10 Å². The third kappa shape index (κ3) is 3.15. The van der Waals surface area contributed by atoms with Crippen molar-refractivity contribution in [2.75, 3.05) is 0 Å². The van der Waals surface area contributed by atoms with Crippen molar-refractivity contribution < 1.29 is 8.42 Å². The molecule has 0 atom stereocenters. The molecule has 0 amide bonds. The lowest BCUT2D eigenvalue weighted by molar-refractivity contribution is 0.580. The Balaban J connectivity index is 2.21. The van der Waals surface area contributed by atoms with Crippen LogP contribution in [0.2, 0.25) is 5.02 Å². The first-order chi connectivity index (χ1) is 8.90. The molecule has 1 heterocycles. The van der Waals surface area contributed by atoms with Gasteiger partial charge in [0.15, 0.2) is 0 Å². The molecule has 2 N–H and O–H groups in total. The Labute approximate surface area is 117 Å². The van der Waals surface area contributed by atoms with Crippen LogP contribution in [0.4, 0.5) is 0 Å². The molecule has 2 aromatic rings. The molecule has 0 saturated heterocycles. The molecule has 0 aliphatic heterocycles. The second-order valence-corrected chi connectivity index (χ2v) is 6.43. The Morgan fingerprint density at radius 3 is 2.68 bits per heavy atom. The van der Waals surface area contributed by atoms with Crippen LogP contribution in [0.1, 0.15) is 16.8 Å². The minimum atomic E-state index is -3.55. The standard InChI is InChI=1S/C12H14ClN3O2S/c1-8-5-11(13)3-4-12(8)19(17,18)15-7-10-6-14-16-9(10)2/h3-6,15H,7H2,1-2H3,(H,14,16). The fourth-order valence-electron chi connectivity index (χ4n) is 1.72. The Kier molecular flexibility index (Phi) is 3.93. The molecule has 0 fully saturated rings. The summed E-state index contributed by atoms with van der Waals surface area (Å²) < 4.78 is 26.9. The number of nitrogens with zero attached hydrogens (tertiary/aromatic N) is 1. The van der Waals surface area contributed by atoms with Crippen LogP contribution < -0.4 is 4.72 Å². The van der Waals surface area contributed by atoms with Crippen LogP contribution in [0.5, 0.6) is 0 Å². The third-order valence-corrected chi connectivity index (χ3v) is 4.61. The predicted octanol–water partition coefficient (Wildman–Crippen LogP) is 2.16. The lowest BCUT2D eigenvalue weighted by Crippen LogP contribution is -2.24. The molecule has 1 aromatic heterocycles. The van der Waals surface area contributed by atoms with Crippen LogP contribution in [0, 0.1) is 13.8 Å². The zero-order valence-corrected chi connectivity index (χ0v) is 12.1. The van der Waals surface area contributed by atoms with E-state index in [0.717, 1.165) is 11.3 Å². The van der Waals surface area contributed by atoms with Gasteiger partial charge in [0, 0.05) is 22.8 Å². The summed E-state index contributed by atoms with van der Waals surface area (Å²) >= 11 is 5.82. The molecule has 0 aliphatic rings. The topological polar surface area (TPSA) is 74.8 Å². The molecule has 0 radical (unpaired) electrons. The summed E-state index contributed by atoms with van der Waals surface area (Å²) in [5, 5.41) is 7.12. The smallest absolute Gasteiger partial charge is 0.241 e. The predicted molar refractivity (Wildman–Crippen MR) is 73.5 cm³/mol. The van der Waals surface area contributed by atoms with Gasteiger partial charge in [0.05, 0.1) is 11.1 Å². The first-order valence-corrected chi connectivity index (χ1v) is 7.51. The molecule has 5 nitrogen and oxygen atoms in total. The Bertz CT molecular complexity index is 695. The van der Waals surface area contributed by atoms with Gasteiger partial charge in [-0.25, -0.2) is 13.1 Å². The number of sulfonamides is 1. The van der Waals surface area contributed by atoms with Crippen LogP contribution in [-0.4, -0.2) is 18.6 Å². The van der Waals surface area contributed by atoms with Gasteiger partial charge in [0.2, 0.25) is 10.0 Å². The molecule has 0 spiro atoms. The average Bonchev–Trinajstić information content (AvgIpc) is 2.72. The van der Waals surface area contributed by atoms with E-state index in [1.807, 2.05) is 6.92 Å².